The summed E-state index contributed by atoms with van der Waals surface area (Å²) in [6.07, 6.45) is 2.35. The summed E-state index contributed by atoms with van der Waals surface area (Å²) in [5.74, 6) is 0.694. The maximum atomic E-state index is 5.55. The van der Waals surface area contributed by atoms with Gasteiger partial charge in [0.15, 0.2) is 0 Å². The predicted molar refractivity (Wildman–Crippen MR) is 60.7 cm³/mol. The van der Waals surface area contributed by atoms with Crippen molar-refractivity contribution in [1.29, 1.82) is 0 Å². The van der Waals surface area contributed by atoms with Crippen LogP contribution in [0.25, 0.3) is 0 Å². The van der Waals surface area contributed by atoms with Crippen molar-refractivity contribution in [2.75, 3.05) is 25.0 Å². The Kier molecular flexibility index (Phi) is 2.73. The second-order valence-corrected chi connectivity index (χ2v) is 4.07. The Morgan fingerprint density at radius 2 is 2.21 bits per heavy atom. The molecule has 1 atom stereocenters. The van der Waals surface area contributed by atoms with E-state index in [0.717, 1.165) is 19.5 Å². The van der Waals surface area contributed by atoms with Gasteiger partial charge in [-0.15, -0.1) is 0 Å². The van der Waals surface area contributed by atoms with Crippen LogP contribution in [0.2, 0.25) is 0 Å². The highest BCUT2D eigenvalue weighted by molar-refractivity contribution is 5.59. The van der Waals surface area contributed by atoms with Crippen molar-refractivity contribution in [1.82, 2.24) is 0 Å². The van der Waals surface area contributed by atoms with Gasteiger partial charge in [-0.3, -0.25) is 0 Å². The highest BCUT2D eigenvalue weighted by atomic mass is 15.1. The fourth-order valence-electron chi connectivity index (χ4n) is 2.32. The summed E-state index contributed by atoms with van der Waals surface area (Å²) >= 11 is 0. The zero-order chi connectivity index (χ0) is 9.97. The minimum absolute atomic E-state index is 0.694. The van der Waals surface area contributed by atoms with Crippen molar-refractivity contribution in [2.45, 2.75) is 18.8 Å². The van der Waals surface area contributed by atoms with Gasteiger partial charge in [0.25, 0.3) is 0 Å². The van der Waals surface area contributed by atoms with E-state index in [9.17, 15) is 0 Å². The monoisotopic (exact) mass is 190 g/mol. The molecule has 76 valence electrons. The van der Waals surface area contributed by atoms with E-state index >= 15 is 0 Å². The summed E-state index contributed by atoms with van der Waals surface area (Å²) in [5.41, 5.74) is 8.45. The summed E-state index contributed by atoms with van der Waals surface area (Å²) in [6.45, 7) is 1.96. The van der Waals surface area contributed by atoms with Crippen molar-refractivity contribution in [3.63, 3.8) is 0 Å². The number of likely N-dealkylation sites (N-methyl/N-ethyl adjacent to an activating group) is 1. The molecule has 1 aromatic carbocycles. The van der Waals surface area contributed by atoms with E-state index in [1.165, 1.54) is 17.7 Å². The number of fused-ring (bicyclic) bond motifs is 1. The lowest BCUT2D eigenvalue weighted by molar-refractivity contribution is 0.621. The van der Waals surface area contributed by atoms with Crippen LogP contribution in [0.4, 0.5) is 5.69 Å². The molecule has 0 aliphatic carbocycles. The van der Waals surface area contributed by atoms with Gasteiger partial charge in [-0.2, -0.15) is 0 Å². The highest BCUT2D eigenvalue weighted by Crippen LogP contribution is 2.37. The molecular formula is C12H18N2. The molecule has 0 saturated carbocycles. The molecular weight excluding hydrogens is 172 g/mol. The molecule has 2 rings (SSSR count). The zero-order valence-electron chi connectivity index (χ0n) is 8.74. The smallest absolute Gasteiger partial charge is 0.0399 e. The number of hydrogen-bond donors (Lipinski definition) is 1. The Balaban J connectivity index is 2.17. The molecule has 14 heavy (non-hydrogen) atoms. The van der Waals surface area contributed by atoms with Crippen LogP contribution < -0.4 is 10.6 Å². The Morgan fingerprint density at radius 3 is 3.00 bits per heavy atom. The van der Waals surface area contributed by atoms with Gasteiger partial charge in [0.05, 0.1) is 0 Å². The molecule has 2 nitrogen and oxygen atoms in total. The minimum Gasteiger partial charge on any atom is -0.374 e. The van der Waals surface area contributed by atoms with Gasteiger partial charge in [-0.05, 0) is 31.0 Å². The molecule has 2 heteroatoms. The van der Waals surface area contributed by atoms with Gasteiger partial charge < -0.3 is 10.6 Å². The van der Waals surface area contributed by atoms with Crippen LogP contribution in [0, 0.1) is 0 Å². The zero-order valence-corrected chi connectivity index (χ0v) is 8.74. The van der Waals surface area contributed by atoms with Crippen LogP contribution >= 0.6 is 0 Å². The number of hydrogen-bond acceptors (Lipinski definition) is 2. The Labute approximate surface area is 85.7 Å². The Morgan fingerprint density at radius 1 is 1.43 bits per heavy atom. The van der Waals surface area contributed by atoms with E-state index in [-0.39, 0.29) is 0 Å². The van der Waals surface area contributed by atoms with Crippen molar-refractivity contribution in [2.24, 2.45) is 5.73 Å². The summed E-state index contributed by atoms with van der Waals surface area (Å²) < 4.78 is 0. The second kappa shape index (κ2) is 4.01. The Hall–Kier alpha value is -1.02. The fraction of sp³-hybridized carbons (Fsp3) is 0.500. The molecule has 0 amide bonds. The summed E-state index contributed by atoms with van der Waals surface area (Å²) in [5, 5.41) is 0. The van der Waals surface area contributed by atoms with Gasteiger partial charge in [0.1, 0.15) is 0 Å². The number of nitrogens with two attached hydrogens (primary N) is 1. The normalized spacial score (nSPS) is 19.9. The van der Waals surface area contributed by atoms with Crippen molar-refractivity contribution >= 4 is 5.69 Å². The number of benzene rings is 1. The van der Waals surface area contributed by atoms with Gasteiger partial charge in [-0.25, -0.2) is 0 Å². The number of para-hydroxylation sites is 1. The van der Waals surface area contributed by atoms with Gasteiger partial charge in [-0.1, -0.05) is 18.2 Å². The first-order valence-electron chi connectivity index (χ1n) is 5.33. The van der Waals surface area contributed by atoms with Crippen molar-refractivity contribution in [3.05, 3.63) is 29.8 Å². The average Bonchev–Trinajstić information content (AvgIpc) is 2.54. The van der Waals surface area contributed by atoms with Crippen molar-refractivity contribution < 1.29 is 0 Å². The second-order valence-electron chi connectivity index (χ2n) is 4.07. The van der Waals surface area contributed by atoms with Crippen LogP contribution in [-0.4, -0.2) is 20.1 Å². The van der Waals surface area contributed by atoms with E-state index in [1.807, 2.05) is 0 Å². The van der Waals surface area contributed by atoms with Crippen molar-refractivity contribution in [3.8, 4) is 0 Å². The molecule has 0 saturated heterocycles. The SMILES string of the molecule is CN1CC(CCCN)c2ccccc21. The molecule has 0 spiro atoms. The van der Waals surface area contributed by atoms with Gasteiger partial charge in [0, 0.05) is 25.2 Å². The van der Waals surface area contributed by atoms with E-state index < -0.39 is 0 Å². The van der Waals surface area contributed by atoms with Gasteiger partial charge >= 0.3 is 0 Å². The maximum Gasteiger partial charge on any atom is 0.0399 e. The number of rotatable bonds is 3. The molecule has 0 bridgehead atoms. The molecule has 0 fully saturated rings. The van der Waals surface area contributed by atoms with Crippen LogP contribution in [0.3, 0.4) is 0 Å². The Bertz CT molecular complexity index is 309. The first-order valence-corrected chi connectivity index (χ1v) is 5.33. The molecule has 2 N–H and O–H groups in total. The first-order chi connectivity index (χ1) is 6.83. The summed E-state index contributed by atoms with van der Waals surface area (Å²) in [7, 11) is 2.17. The fourth-order valence-corrected chi connectivity index (χ4v) is 2.32. The minimum atomic E-state index is 0.694. The molecule has 1 aromatic rings. The lowest BCUT2D eigenvalue weighted by atomic mass is 9.96. The third-order valence-electron chi connectivity index (χ3n) is 3.04. The first kappa shape index (κ1) is 9.53. The third kappa shape index (κ3) is 1.62. The van der Waals surface area contributed by atoms with E-state index in [4.69, 9.17) is 5.73 Å². The average molecular weight is 190 g/mol. The predicted octanol–water partition coefficient (Wildman–Crippen LogP) is 1.96. The summed E-state index contributed by atoms with van der Waals surface area (Å²) in [4.78, 5) is 2.34. The van der Waals surface area contributed by atoms with Crippen LogP contribution in [-0.2, 0) is 0 Å². The molecule has 0 radical (unpaired) electrons. The van der Waals surface area contributed by atoms with Crippen LogP contribution in [0.5, 0.6) is 0 Å². The van der Waals surface area contributed by atoms with E-state index in [0.29, 0.717) is 5.92 Å². The molecule has 1 aliphatic heterocycles. The largest absolute Gasteiger partial charge is 0.374 e. The molecule has 0 aromatic heterocycles. The molecule has 1 unspecified atom stereocenters. The number of anilines is 1. The standard InChI is InChI=1S/C12H18N2/c1-14-9-10(5-4-8-13)11-6-2-3-7-12(11)14/h2-3,6-7,10H,4-5,8-9,13H2,1H3. The van der Waals surface area contributed by atoms with Crippen LogP contribution in [0.15, 0.2) is 24.3 Å². The van der Waals surface area contributed by atoms with E-state index in [2.05, 4.69) is 36.2 Å². The molecule has 1 aliphatic rings. The van der Waals surface area contributed by atoms with Crippen LogP contribution in [0.1, 0.15) is 24.3 Å². The number of nitrogens with zero attached hydrogens (tertiary/aromatic N) is 1. The van der Waals surface area contributed by atoms with E-state index in [1.54, 1.807) is 0 Å². The third-order valence-corrected chi connectivity index (χ3v) is 3.04. The van der Waals surface area contributed by atoms with Gasteiger partial charge in [0.2, 0.25) is 0 Å². The summed E-state index contributed by atoms with van der Waals surface area (Å²) in [6, 6.07) is 8.70. The lowest BCUT2D eigenvalue weighted by Crippen LogP contribution is -2.15. The highest BCUT2D eigenvalue weighted by Gasteiger charge is 2.24. The topological polar surface area (TPSA) is 29.3 Å². The molecule has 1 heterocycles. The quantitative estimate of drug-likeness (QED) is 0.789. The maximum absolute atomic E-state index is 5.55. The lowest BCUT2D eigenvalue weighted by Gasteiger charge is -2.12.